The van der Waals surface area contributed by atoms with Gasteiger partial charge in [-0.3, -0.25) is 9.69 Å². The minimum absolute atomic E-state index is 0.0577. The Labute approximate surface area is 179 Å². The maximum atomic E-state index is 13.4. The van der Waals surface area contributed by atoms with Gasteiger partial charge in [0.1, 0.15) is 5.75 Å². The lowest BCUT2D eigenvalue weighted by Gasteiger charge is -2.20. The summed E-state index contributed by atoms with van der Waals surface area (Å²) in [4.78, 5) is 24.1. The standard InChI is InChI=1S/C23H24N4O2S/c1-16-5-6-17(2)21-20(16)25-23(30-21)27(13-4-12-26-14-11-24-15-26)22(28)18-7-9-19(29-3)10-8-18/h5-11,14-15H,4,12-13H2,1-3H3. The molecule has 6 nitrogen and oxygen atoms in total. The lowest BCUT2D eigenvalue weighted by atomic mass is 10.1. The zero-order valence-electron chi connectivity index (χ0n) is 17.3. The van der Waals surface area contributed by atoms with Crippen LogP contribution in [0.5, 0.6) is 5.75 Å². The smallest absolute Gasteiger partial charge is 0.260 e. The Hall–Kier alpha value is -3.19. The molecule has 0 aliphatic rings. The highest BCUT2D eigenvalue weighted by molar-refractivity contribution is 7.22. The van der Waals surface area contributed by atoms with Gasteiger partial charge in [0.25, 0.3) is 5.91 Å². The normalized spacial score (nSPS) is 11.0. The van der Waals surface area contributed by atoms with E-state index < -0.39 is 0 Å². The molecule has 0 saturated heterocycles. The molecule has 2 aromatic heterocycles. The van der Waals surface area contributed by atoms with Gasteiger partial charge < -0.3 is 9.30 Å². The van der Waals surface area contributed by atoms with Crippen LogP contribution < -0.4 is 9.64 Å². The zero-order chi connectivity index (χ0) is 21.1. The van der Waals surface area contributed by atoms with E-state index in [0.717, 1.165) is 39.6 Å². The number of aryl methyl sites for hydroxylation is 3. The number of amides is 1. The van der Waals surface area contributed by atoms with Crippen molar-refractivity contribution in [2.75, 3.05) is 18.6 Å². The first kappa shape index (κ1) is 20.1. The maximum Gasteiger partial charge on any atom is 0.260 e. The molecular formula is C23H24N4O2S. The van der Waals surface area contributed by atoms with Crippen molar-refractivity contribution in [3.05, 3.63) is 71.8 Å². The fourth-order valence-corrected chi connectivity index (χ4v) is 4.50. The topological polar surface area (TPSA) is 60.2 Å². The van der Waals surface area contributed by atoms with Crippen LogP contribution in [0.3, 0.4) is 0 Å². The predicted molar refractivity (Wildman–Crippen MR) is 121 cm³/mol. The Morgan fingerprint density at radius 2 is 1.90 bits per heavy atom. The van der Waals surface area contributed by atoms with Crippen LogP contribution in [-0.4, -0.2) is 34.1 Å². The van der Waals surface area contributed by atoms with Crippen molar-refractivity contribution in [2.24, 2.45) is 0 Å². The van der Waals surface area contributed by atoms with Crippen LogP contribution in [0.15, 0.2) is 55.1 Å². The Kier molecular flexibility index (Phi) is 5.81. The number of methoxy groups -OCH3 is 1. The Morgan fingerprint density at radius 1 is 1.13 bits per heavy atom. The molecule has 1 amide bonds. The number of carbonyl (C=O) groups is 1. The van der Waals surface area contributed by atoms with E-state index in [1.165, 1.54) is 5.56 Å². The van der Waals surface area contributed by atoms with Gasteiger partial charge >= 0.3 is 0 Å². The summed E-state index contributed by atoms with van der Waals surface area (Å²) in [7, 11) is 1.62. The number of nitrogens with zero attached hydrogens (tertiary/aromatic N) is 4. The summed E-state index contributed by atoms with van der Waals surface area (Å²) in [6, 6.07) is 11.4. The number of aromatic nitrogens is 3. The molecule has 0 aliphatic carbocycles. The van der Waals surface area contributed by atoms with Gasteiger partial charge in [0, 0.05) is 31.0 Å². The van der Waals surface area contributed by atoms with Gasteiger partial charge in [-0.1, -0.05) is 23.5 Å². The number of rotatable bonds is 7. The van der Waals surface area contributed by atoms with Gasteiger partial charge in [-0.05, 0) is 55.7 Å². The molecule has 0 N–H and O–H groups in total. The largest absolute Gasteiger partial charge is 0.497 e. The molecule has 0 spiro atoms. The quantitative estimate of drug-likeness (QED) is 0.429. The highest BCUT2D eigenvalue weighted by Crippen LogP contribution is 2.34. The monoisotopic (exact) mass is 420 g/mol. The Balaban J connectivity index is 1.66. The van der Waals surface area contributed by atoms with E-state index in [9.17, 15) is 4.79 Å². The second-order valence-corrected chi connectivity index (χ2v) is 8.19. The molecule has 2 heterocycles. The van der Waals surface area contributed by atoms with Crippen LogP contribution >= 0.6 is 11.3 Å². The van der Waals surface area contributed by atoms with Gasteiger partial charge in [-0.25, -0.2) is 9.97 Å². The third-order valence-electron chi connectivity index (χ3n) is 5.10. The summed E-state index contributed by atoms with van der Waals surface area (Å²) in [5, 5.41) is 0.730. The number of carbonyl (C=O) groups excluding carboxylic acids is 1. The number of fused-ring (bicyclic) bond motifs is 1. The first-order chi connectivity index (χ1) is 14.6. The predicted octanol–water partition coefficient (Wildman–Crippen LogP) is 4.86. The third-order valence-corrected chi connectivity index (χ3v) is 6.31. The summed E-state index contributed by atoms with van der Waals surface area (Å²) in [5.74, 6) is 0.669. The third kappa shape index (κ3) is 4.07. The highest BCUT2D eigenvalue weighted by atomic mass is 32.1. The molecule has 0 saturated carbocycles. The molecule has 30 heavy (non-hydrogen) atoms. The van der Waals surface area contributed by atoms with Crippen LogP contribution in [0.4, 0.5) is 5.13 Å². The summed E-state index contributed by atoms with van der Waals surface area (Å²) in [6.45, 7) is 5.49. The molecule has 154 valence electrons. The van der Waals surface area contributed by atoms with E-state index in [1.807, 2.05) is 22.9 Å². The fourth-order valence-electron chi connectivity index (χ4n) is 3.37. The summed E-state index contributed by atoms with van der Waals surface area (Å²) < 4.78 is 8.37. The molecule has 2 aromatic carbocycles. The van der Waals surface area contributed by atoms with Gasteiger partial charge in [-0.15, -0.1) is 0 Å². The molecule has 0 aliphatic heterocycles. The second-order valence-electron chi connectivity index (χ2n) is 7.21. The molecule has 0 atom stereocenters. The number of ether oxygens (including phenoxy) is 1. The maximum absolute atomic E-state index is 13.4. The van der Waals surface area contributed by atoms with Crippen LogP contribution in [0.1, 0.15) is 27.9 Å². The van der Waals surface area contributed by atoms with Crippen LogP contribution in [0.2, 0.25) is 0 Å². The Morgan fingerprint density at radius 3 is 2.57 bits per heavy atom. The van der Waals surface area contributed by atoms with E-state index in [0.29, 0.717) is 12.1 Å². The molecular weight excluding hydrogens is 396 g/mol. The number of benzene rings is 2. The molecule has 0 fully saturated rings. The van der Waals surface area contributed by atoms with Crippen LogP contribution in [0, 0.1) is 13.8 Å². The molecule has 4 rings (SSSR count). The minimum atomic E-state index is -0.0577. The lowest BCUT2D eigenvalue weighted by molar-refractivity contribution is 0.0986. The molecule has 4 aromatic rings. The number of imidazole rings is 1. The van der Waals surface area contributed by atoms with Crippen molar-refractivity contribution in [1.82, 2.24) is 14.5 Å². The molecule has 0 radical (unpaired) electrons. The van der Waals surface area contributed by atoms with E-state index in [2.05, 4.69) is 31.0 Å². The lowest BCUT2D eigenvalue weighted by Crippen LogP contribution is -2.32. The van der Waals surface area contributed by atoms with Crippen molar-refractivity contribution in [3.63, 3.8) is 0 Å². The van der Waals surface area contributed by atoms with Crippen molar-refractivity contribution in [2.45, 2.75) is 26.8 Å². The van der Waals surface area contributed by atoms with Gasteiger partial charge in [0.15, 0.2) is 5.13 Å². The van der Waals surface area contributed by atoms with Gasteiger partial charge in [0.2, 0.25) is 0 Å². The minimum Gasteiger partial charge on any atom is -0.497 e. The van der Waals surface area contributed by atoms with E-state index in [-0.39, 0.29) is 5.91 Å². The summed E-state index contributed by atoms with van der Waals surface area (Å²) in [5.41, 5.74) is 3.88. The van der Waals surface area contributed by atoms with Gasteiger partial charge in [-0.2, -0.15) is 0 Å². The number of hydrogen-bond acceptors (Lipinski definition) is 5. The van der Waals surface area contributed by atoms with Crippen molar-refractivity contribution in [3.8, 4) is 5.75 Å². The van der Waals surface area contributed by atoms with E-state index >= 15 is 0 Å². The average Bonchev–Trinajstić information content (AvgIpc) is 3.44. The Bertz CT molecular complexity index is 1110. The number of anilines is 1. The van der Waals surface area contributed by atoms with Gasteiger partial charge in [0.05, 0.1) is 23.7 Å². The molecule has 0 bridgehead atoms. The van der Waals surface area contributed by atoms with E-state index in [4.69, 9.17) is 9.72 Å². The molecule has 7 heteroatoms. The van der Waals surface area contributed by atoms with Crippen LogP contribution in [-0.2, 0) is 6.54 Å². The highest BCUT2D eigenvalue weighted by Gasteiger charge is 2.22. The van der Waals surface area contributed by atoms with Crippen LogP contribution in [0.25, 0.3) is 10.2 Å². The summed E-state index contributed by atoms with van der Waals surface area (Å²) in [6.07, 6.45) is 6.28. The summed E-state index contributed by atoms with van der Waals surface area (Å²) >= 11 is 1.57. The number of hydrogen-bond donors (Lipinski definition) is 0. The van der Waals surface area contributed by atoms with Crippen molar-refractivity contribution in [1.29, 1.82) is 0 Å². The number of thiazole rings is 1. The van der Waals surface area contributed by atoms with E-state index in [1.54, 1.807) is 48.0 Å². The fraction of sp³-hybridized carbons (Fsp3) is 0.261. The van der Waals surface area contributed by atoms with Crippen molar-refractivity contribution >= 4 is 32.6 Å². The average molecular weight is 421 g/mol. The second kappa shape index (κ2) is 8.67. The zero-order valence-corrected chi connectivity index (χ0v) is 18.1. The SMILES string of the molecule is COc1ccc(C(=O)N(CCCn2ccnc2)c2nc3c(C)ccc(C)c3s2)cc1. The van der Waals surface area contributed by atoms with Crippen molar-refractivity contribution < 1.29 is 9.53 Å². The first-order valence-corrected chi connectivity index (χ1v) is 10.7. The molecule has 0 unspecified atom stereocenters. The first-order valence-electron chi connectivity index (χ1n) is 9.85.